The topological polar surface area (TPSA) is 66.8 Å². The normalized spacial score (nSPS) is 11.1. The van der Waals surface area contributed by atoms with Crippen molar-refractivity contribution in [1.82, 2.24) is 0 Å². The first-order chi connectivity index (χ1) is 5.08. The molecule has 1 rings (SSSR count). The minimum atomic E-state index is -4.39. The largest absolute Gasteiger partial charge is 0.524 e. The van der Waals surface area contributed by atoms with Gasteiger partial charge in [0.05, 0.1) is 0 Å². The standard InChI is InChI=1S/C6H7O4P/c7-11(8,9)10-6-4-2-1-3-5-6/h1-5H,(H2,7,8,9)/i10+2. The van der Waals surface area contributed by atoms with E-state index in [0.717, 1.165) is 0 Å². The average Bonchev–Trinajstić information content (AvgIpc) is 1.85. The van der Waals surface area contributed by atoms with Crippen LogP contribution in [0.3, 0.4) is 0 Å². The molecule has 0 aliphatic carbocycles. The van der Waals surface area contributed by atoms with Gasteiger partial charge in [-0.1, -0.05) is 18.2 Å². The van der Waals surface area contributed by atoms with Gasteiger partial charge in [-0.15, -0.1) is 0 Å². The summed E-state index contributed by atoms with van der Waals surface area (Å²) in [4.78, 5) is 16.7. The van der Waals surface area contributed by atoms with E-state index in [1.165, 1.54) is 12.1 Å². The van der Waals surface area contributed by atoms with Gasteiger partial charge in [0.25, 0.3) is 0 Å². The molecule has 2 N–H and O–H groups in total. The van der Waals surface area contributed by atoms with Crippen molar-refractivity contribution in [2.45, 2.75) is 0 Å². The summed E-state index contributed by atoms with van der Waals surface area (Å²) in [5, 5.41) is 0. The number of para-hydroxylation sites is 1. The molecule has 0 spiro atoms. The summed E-state index contributed by atoms with van der Waals surface area (Å²) < 4.78 is 14.5. The number of phosphoric ester groups is 1. The van der Waals surface area contributed by atoms with E-state index in [-0.39, 0.29) is 5.75 Å². The van der Waals surface area contributed by atoms with Crippen LogP contribution in [-0.2, 0) is 4.57 Å². The molecule has 0 aromatic heterocycles. The van der Waals surface area contributed by atoms with Crippen LogP contribution in [-0.4, -0.2) is 9.79 Å². The molecule has 1 aromatic rings. The Labute approximate surface area is 63.7 Å². The summed E-state index contributed by atoms with van der Waals surface area (Å²) >= 11 is 0. The summed E-state index contributed by atoms with van der Waals surface area (Å²) in [5.74, 6) is 0.167. The van der Waals surface area contributed by atoms with Crippen LogP contribution in [0, 0.1) is 0 Å². The lowest BCUT2D eigenvalue weighted by Crippen LogP contribution is -1.88. The van der Waals surface area contributed by atoms with E-state index in [1.54, 1.807) is 18.2 Å². The lowest BCUT2D eigenvalue weighted by Gasteiger charge is -2.04. The molecule has 0 amide bonds. The van der Waals surface area contributed by atoms with Crippen LogP contribution in [0.1, 0.15) is 0 Å². The second kappa shape index (κ2) is 3.05. The molecule has 60 valence electrons. The van der Waals surface area contributed by atoms with E-state index in [9.17, 15) is 4.57 Å². The van der Waals surface area contributed by atoms with Crippen molar-refractivity contribution in [1.29, 1.82) is 0 Å². The lowest BCUT2D eigenvalue weighted by atomic mass is 10.4. The van der Waals surface area contributed by atoms with Crippen molar-refractivity contribution in [3.63, 3.8) is 0 Å². The van der Waals surface area contributed by atoms with Crippen LogP contribution in [0.2, 0.25) is 0 Å². The van der Waals surface area contributed by atoms with Gasteiger partial charge in [0.1, 0.15) is 5.75 Å². The molecular formula is C6H7O4P. The van der Waals surface area contributed by atoms with E-state index in [4.69, 9.17) is 9.79 Å². The zero-order valence-corrected chi connectivity index (χ0v) is 6.44. The fourth-order valence-corrected chi connectivity index (χ4v) is 1.02. The number of rotatable bonds is 2. The fraction of sp³-hybridized carbons (Fsp3) is 0. The molecule has 0 heterocycles. The highest BCUT2D eigenvalue weighted by atomic mass is 31.2. The Hall–Kier alpha value is -0.830. The van der Waals surface area contributed by atoms with Crippen LogP contribution in [0.5, 0.6) is 5.75 Å². The third-order valence-corrected chi connectivity index (χ3v) is 1.42. The predicted molar refractivity (Wildman–Crippen MR) is 39.1 cm³/mol. The molecule has 11 heavy (non-hydrogen) atoms. The Morgan fingerprint density at radius 2 is 1.73 bits per heavy atom. The smallest absolute Gasteiger partial charge is 0.404 e. The summed E-state index contributed by atoms with van der Waals surface area (Å²) in [6, 6.07) is 7.93. The average molecular weight is 176 g/mol. The third kappa shape index (κ3) is 3.18. The Morgan fingerprint density at radius 1 is 1.18 bits per heavy atom. The van der Waals surface area contributed by atoms with Crippen molar-refractivity contribution in [2.75, 3.05) is 0 Å². The second-order valence-corrected chi connectivity index (χ2v) is 3.06. The van der Waals surface area contributed by atoms with E-state index in [1.807, 2.05) is 0 Å². The van der Waals surface area contributed by atoms with Gasteiger partial charge in [-0.25, -0.2) is 4.57 Å². The van der Waals surface area contributed by atoms with Gasteiger partial charge in [-0.3, -0.25) is 9.79 Å². The molecule has 0 fully saturated rings. The van der Waals surface area contributed by atoms with Gasteiger partial charge < -0.3 is 4.52 Å². The first-order valence-corrected chi connectivity index (χ1v) is 4.41. The summed E-state index contributed by atoms with van der Waals surface area (Å²) in [5.41, 5.74) is 0. The molecule has 0 saturated carbocycles. The Morgan fingerprint density at radius 3 is 2.18 bits per heavy atom. The number of phosphoric acid groups is 1. The minimum absolute atomic E-state index is 0.167. The number of hydrogen-bond donors (Lipinski definition) is 2. The predicted octanol–water partition coefficient (Wildman–Crippen LogP) is 1.16. The monoisotopic (exact) mass is 176 g/mol. The summed E-state index contributed by atoms with van der Waals surface area (Å²) in [7, 11) is -4.39. The van der Waals surface area contributed by atoms with Gasteiger partial charge in [0.2, 0.25) is 0 Å². The van der Waals surface area contributed by atoms with Gasteiger partial charge >= 0.3 is 7.82 Å². The zero-order chi connectivity index (χ0) is 8.32. The van der Waals surface area contributed by atoms with Gasteiger partial charge in [0.15, 0.2) is 0 Å². The number of hydrogen-bond acceptors (Lipinski definition) is 2. The van der Waals surface area contributed by atoms with Crippen LogP contribution < -0.4 is 4.52 Å². The fourth-order valence-electron chi connectivity index (χ4n) is 0.619. The molecule has 0 aliphatic rings. The van der Waals surface area contributed by atoms with Crippen LogP contribution >= 0.6 is 7.82 Å². The highest BCUT2D eigenvalue weighted by Crippen LogP contribution is 2.36. The molecule has 0 saturated heterocycles. The SMILES string of the molecule is O=P(O)(O)[18O]c1ccccc1. The summed E-state index contributed by atoms with van der Waals surface area (Å²) in [6.07, 6.45) is 0. The molecule has 0 radical (unpaired) electrons. The summed E-state index contributed by atoms with van der Waals surface area (Å²) in [6.45, 7) is 0. The first-order valence-electron chi connectivity index (χ1n) is 2.88. The van der Waals surface area contributed by atoms with E-state index in [2.05, 4.69) is 4.52 Å². The molecular weight excluding hydrogens is 169 g/mol. The maximum atomic E-state index is 10.3. The maximum absolute atomic E-state index is 10.3. The number of benzene rings is 1. The van der Waals surface area contributed by atoms with Crippen LogP contribution in [0.4, 0.5) is 0 Å². The highest BCUT2D eigenvalue weighted by Gasteiger charge is 2.14. The molecule has 1 aromatic carbocycles. The van der Waals surface area contributed by atoms with E-state index in [0.29, 0.717) is 0 Å². The maximum Gasteiger partial charge on any atom is 0.524 e. The van der Waals surface area contributed by atoms with E-state index < -0.39 is 7.82 Å². The second-order valence-electron chi connectivity index (χ2n) is 1.89. The quantitative estimate of drug-likeness (QED) is 0.524. The molecule has 0 aliphatic heterocycles. The van der Waals surface area contributed by atoms with E-state index >= 15 is 0 Å². The molecule has 0 bridgehead atoms. The highest BCUT2D eigenvalue weighted by molar-refractivity contribution is 7.46. The van der Waals surface area contributed by atoms with Crippen molar-refractivity contribution >= 4 is 7.82 Å². The molecule has 4 nitrogen and oxygen atoms in total. The minimum Gasteiger partial charge on any atom is -0.404 e. The van der Waals surface area contributed by atoms with Crippen LogP contribution in [0.15, 0.2) is 30.3 Å². The van der Waals surface area contributed by atoms with Crippen molar-refractivity contribution in [3.8, 4) is 5.75 Å². The Kier molecular flexibility index (Phi) is 2.29. The zero-order valence-electron chi connectivity index (χ0n) is 5.54. The Balaban J connectivity index is 2.74. The Bertz CT molecular complexity index is 265. The molecule has 5 heteroatoms. The van der Waals surface area contributed by atoms with Crippen LogP contribution in [0.25, 0.3) is 0 Å². The third-order valence-electron chi connectivity index (χ3n) is 0.968. The first kappa shape index (κ1) is 8.27. The lowest BCUT2D eigenvalue weighted by molar-refractivity contribution is 0.283. The van der Waals surface area contributed by atoms with Gasteiger partial charge in [-0.2, -0.15) is 0 Å². The molecule has 0 atom stereocenters. The molecule has 0 unspecified atom stereocenters. The van der Waals surface area contributed by atoms with Gasteiger partial charge in [0, 0.05) is 0 Å². The van der Waals surface area contributed by atoms with Crippen molar-refractivity contribution < 1.29 is 18.9 Å². The van der Waals surface area contributed by atoms with Crippen molar-refractivity contribution in [2.24, 2.45) is 0 Å². The van der Waals surface area contributed by atoms with Crippen molar-refractivity contribution in [3.05, 3.63) is 30.3 Å². The van der Waals surface area contributed by atoms with Gasteiger partial charge in [-0.05, 0) is 12.1 Å².